The van der Waals surface area contributed by atoms with Gasteiger partial charge in [0, 0.05) is 11.1 Å². The van der Waals surface area contributed by atoms with Crippen molar-refractivity contribution < 1.29 is 13.9 Å². The van der Waals surface area contributed by atoms with Gasteiger partial charge in [0.2, 0.25) is 5.89 Å². The zero-order valence-electron chi connectivity index (χ0n) is 15.7. The summed E-state index contributed by atoms with van der Waals surface area (Å²) in [6.07, 6.45) is 1.83. The van der Waals surface area contributed by atoms with Crippen LogP contribution in [0.4, 0.5) is 0 Å². The van der Waals surface area contributed by atoms with Gasteiger partial charge in [0.05, 0.1) is 19.3 Å². The van der Waals surface area contributed by atoms with Crippen molar-refractivity contribution in [1.82, 2.24) is 10.3 Å². The summed E-state index contributed by atoms with van der Waals surface area (Å²) in [6.45, 7) is 3.95. The number of benzene rings is 2. The van der Waals surface area contributed by atoms with Crippen molar-refractivity contribution in [2.24, 2.45) is 0 Å². The van der Waals surface area contributed by atoms with Gasteiger partial charge in [-0.05, 0) is 31.6 Å². The zero-order valence-corrected chi connectivity index (χ0v) is 15.7. The number of hydrogen-bond acceptors (Lipinski definition) is 4. The molecule has 0 bridgehead atoms. The van der Waals surface area contributed by atoms with E-state index in [9.17, 15) is 4.79 Å². The average Bonchev–Trinajstić information content (AvgIpc) is 3.02. The van der Waals surface area contributed by atoms with Gasteiger partial charge in [-0.15, -0.1) is 0 Å². The number of para-hydroxylation sites is 1. The Kier molecular flexibility index (Phi) is 5.71. The summed E-state index contributed by atoms with van der Waals surface area (Å²) in [4.78, 5) is 17.2. The SMILES string of the molecule is COc1ccccc1C=C(C(=O)NCc1nc(C)c(C)o1)c1ccccc1. The highest BCUT2D eigenvalue weighted by atomic mass is 16.5. The van der Waals surface area contributed by atoms with Crippen LogP contribution in [-0.4, -0.2) is 18.0 Å². The number of rotatable bonds is 6. The van der Waals surface area contributed by atoms with E-state index in [1.54, 1.807) is 7.11 Å². The van der Waals surface area contributed by atoms with Gasteiger partial charge in [-0.1, -0.05) is 48.5 Å². The first kappa shape index (κ1) is 18.5. The Hall–Kier alpha value is -3.34. The Balaban J connectivity index is 1.90. The first-order valence-electron chi connectivity index (χ1n) is 8.69. The van der Waals surface area contributed by atoms with Crippen LogP contribution in [0.3, 0.4) is 0 Å². The van der Waals surface area contributed by atoms with Gasteiger partial charge in [0.15, 0.2) is 0 Å². The summed E-state index contributed by atoms with van der Waals surface area (Å²) in [7, 11) is 1.61. The molecule has 0 aliphatic heterocycles. The van der Waals surface area contributed by atoms with Gasteiger partial charge in [0.25, 0.3) is 5.91 Å². The predicted molar refractivity (Wildman–Crippen MR) is 105 cm³/mol. The van der Waals surface area contributed by atoms with E-state index in [1.807, 2.05) is 74.5 Å². The Morgan fingerprint density at radius 1 is 1.11 bits per heavy atom. The largest absolute Gasteiger partial charge is 0.496 e. The fourth-order valence-electron chi connectivity index (χ4n) is 2.70. The molecule has 27 heavy (non-hydrogen) atoms. The molecule has 138 valence electrons. The van der Waals surface area contributed by atoms with Gasteiger partial charge >= 0.3 is 0 Å². The van der Waals surface area contributed by atoms with Crippen LogP contribution in [0.15, 0.2) is 59.0 Å². The summed E-state index contributed by atoms with van der Waals surface area (Å²) in [5.74, 6) is 1.74. The highest BCUT2D eigenvalue weighted by Gasteiger charge is 2.15. The lowest BCUT2D eigenvalue weighted by atomic mass is 10.0. The summed E-state index contributed by atoms with van der Waals surface area (Å²) < 4.78 is 10.9. The molecule has 0 spiro atoms. The van der Waals surface area contributed by atoms with Crippen LogP contribution in [0, 0.1) is 13.8 Å². The first-order valence-corrected chi connectivity index (χ1v) is 8.69. The van der Waals surface area contributed by atoms with Crippen LogP contribution in [0.2, 0.25) is 0 Å². The molecule has 0 aliphatic carbocycles. The summed E-state index contributed by atoms with van der Waals surface area (Å²) in [5, 5.41) is 2.89. The van der Waals surface area contributed by atoms with Crippen molar-refractivity contribution in [2.45, 2.75) is 20.4 Å². The van der Waals surface area contributed by atoms with Crippen LogP contribution in [0.1, 0.15) is 28.5 Å². The van der Waals surface area contributed by atoms with Crippen LogP contribution in [0.25, 0.3) is 11.6 Å². The Morgan fingerprint density at radius 3 is 2.48 bits per heavy atom. The van der Waals surface area contributed by atoms with Crippen LogP contribution in [-0.2, 0) is 11.3 Å². The van der Waals surface area contributed by atoms with Gasteiger partial charge in [-0.25, -0.2) is 4.98 Å². The minimum Gasteiger partial charge on any atom is -0.496 e. The quantitative estimate of drug-likeness (QED) is 0.528. The standard InChI is InChI=1S/C22H22N2O3/c1-15-16(2)27-21(24-15)14-23-22(25)19(17-9-5-4-6-10-17)13-18-11-7-8-12-20(18)26-3/h4-13H,14H2,1-3H3,(H,23,25). The lowest BCUT2D eigenvalue weighted by Gasteiger charge is -2.10. The lowest BCUT2D eigenvalue weighted by Crippen LogP contribution is -2.24. The van der Waals surface area contributed by atoms with E-state index in [0.717, 1.165) is 22.6 Å². The van der Waals surface area contributed by atoms with Crippen LogP contribution >= 0.6 is 0 Å². The van der Waals surface area contributed by atoms with E-state index in [2.05, 4.69) is 10.3 Å². The second-order valence-electron chi connectivity index (χ2n) is 6.10. The molecule has 0 unspecified atom stereocenters. The first-order chi connectivity index (χ1) is 13.1. The molecule has 5 nitrogen and oxygen atoms in total. The number of ether oxygens (including phenoxy) is 1. The van der Waals surface area contributed by atoms with Crippen molar-refractivity contribution >= 4 is 17.6 Å². The van der Waals surface area contributed by atoms with Crippen LogP contribution in [0.5, 0.6) is 5.75 Å². The summed E-state index contributed by atoms with van der Waals surface area (Å²) >= 11 is 0. The number of nitrogens with one attached hydrogen (secondary N) is 1. The number of oxazole rings is 1. The maximum absolute atomic E-state index is 12.9. The van der Waals surface area contributed by atoms with Gasteiger partial charge in [-0.3, -0.25) is 4.79 Å². The zero-order chi connectivity index (χ0) is 19.2. The molecule has 1 amide bonds. The molecule has 1 aromatic heterocycles. The molecular formula is C22H22N2O3. The highest BCUT2D eigenvalue weighted by Crippen LogP contribution is 2.25. The van der Waals surface area contributed by atoms with E-state index in [-0.39, 0.29) is 12.5 Å². The number of nitrogens with zero attached hydrogens (tertiary/aromatic N) is 1. The van der Waals surface area contributed by atoms with Gasteiger partial charge in [0.1, 0.15) is 11.5 Å². The molecule has 0 radical (unpaired) electrons. The molecular weight excluding hydrogens is 340 g/mol. The number of carbonyl (C=O) groups excluding carboxylic acids is 1. The van der Waals surface area contributed by atoms with Crippen LogP contribution < -0.4 is 10.1 Å². The second-order valence-corrected chi connectivity index (χ2v) is 6.10. The number of aryl methyl sites for hydroxylation is 2. The minimum atomic E-state index is -0.208. The fraction of sp³-hybridized carbons (Fsp3) is 0.182. The molecule has 0 saturated heterocycles. The third kappa shape index (κ3) is 4.44. The van der Waals surface area contributed by atoms with Crippen molar-refractivity contribution in [3.8, 4) is 5.75 Å². The third-order valence-electron chi connectivity index (χ3n) is 4.24. The van der Waals surface area contributed by atoms with E-state index in [4.69, 9.17) is 9.15 Å². The number of aromatic nitrogens is 1. The topological polar surface area (TPSA) is 64.4 Å². The van der Waals surface area contributed by atoms with Gasteiger partial charge < -0.3 is 14.5 Å². The maximum atomic E-state index is 12.9. The van der Waals surface area contributed by atoms with Gasteiger partial charge in [-0.2, -0.15) is 0 Å². The number of carbonyl (C=O) groups is 1. The van der Waals surface area contributed by atoms with E-state index in [1.165, 1.54) is 0 Å². The van der Waals surface area contributed by atoms with Crippen molar-refractivity contribution in [2.75, 3.05) is 7.11 Å². The van der Waals surface area contributed by atoms with E-state index in [0.29, 0.717) is 17.2 Å². The normalized spacial score (nSPS) is 11.3. The predicted octanol–water partition coefficient (Wildman–Crippen LogP) is 4.16. The molecule has 1 heterocycles. The summed E-state index contributed by atoms with van der Waals surface area (Å²) in [6, 6.07) is 17.1. The minimum absolute atomic E-state index is 0.208. The fourth-order valence-corrected chi connectivity index (χ4v) is 2.70. The maximum Gasteiger partial charge on any atom is 0.252 e. The van der Waals surface area contributed by atoms with E-state index >= 15 is 0 Å². The molecule has 3 aromatic rings. The van der Waals surface area contributed by atoms with Crippen molar-refractivity contribution in [3.63, 3.8) is 0 Å². The highest BCUT2D eigenvalue weighted by molar-refractivity contribution is 6.24. The average molecular weight is 362 g/mol. The third-order valence-corrected chi connectivity index (χ3v) is 4.24. The molecule has 3 rings (SSSR count). The smallest absolute Gasteiger partial charge is 0.252 e. The molecule has 0 saturated carbocycles. The Labute approximate surface area is 158 Å². The molecule has 0 atom stereocenters. The number of amides is 1. The lowest BCUT2D eigenvalue weighted by molar-refractivity contribution is -0.115. The Morgan fingerprint density at radius 2 is 1.81 bits per heavy atom. The molecule has 1 N–H and O–H groups in total. The second kappa shape index (κ2) is 8.36. The number of methoxy groups -OCH3 is 1. The molecule has 0 fully saturated rings. The molecule has 0 aliphatic rings. The van der Waals surface area contributed by atoms with Crippen molar-refractivity contribution in [1.29, 1.82) is 0 Å². The monoisotopic (exact) mass is 362 g/mol. The summed E-state index contributed by atoms with van der Waals surface area (Å²) in [5.41, 5.74) is 3.02. The molecule has 5 heteroatoms. The Bertz CT molecular complexity index is 939. The van der Waals surface area contributed by atoms with Crippen molar-refractivity contribution in [3.05, 3.63) is 83.1 Å². The number of hydrogen-bond donors (Lipinski definition) is 1. The molecule has 2 aromatic carbocycles. The van der Waals surface area contributed by atoms with E-state index < -0.39 is 0 Å².